The number of rotatable bonds is 16. The second-order valence-electron chi connectivity index (χ2n) is 12.1. The molecule has 254 valence electrons. The normalized spacial score (nSPS) is 12.9. The molecule has 8 nitrogen and oxygen atoms in total. The number of aliphatic hydroxyl groups excluding tert-OH is 1. The van der Waals surface area contributed by atoms with E-state index in [9.17, 15) is 19.2 Å². The summed E-state index contributed by atoms with van der Waals surface area (Å²) in [5, 5.41) is 27.0. The van der Waals surface area contributed by atoms with E-state index in [-0.39, 0.29) is 24.1 Å². The predicted molar refractivity (Wildman–Crippen MR) is 197 cm³/mol. The lowest BCUT2D eigenvalue weighted by Gasteiger charge is -2.19. The Morgan fingerprint density at radius 2 is 1.51 bits per heavy atom. The molecule has 0 saturated heterocycles. The Hall–Kier alpha value is -4.96. The molecular formula is C40H43N3O5S. The number of phenolic OH excluding ortho intramolecular Hbond substituents is 1. The number of anilines is 1. The lowest BCUT2D eigenvalue weighted by Crippen LogP contribution is -2.32. The maximum atomic E-state index is 12.8. The standard InChI is InChI=1S/C40H43N3O5S/c1-28(41-26-38(45)35-16-19-39(37(24-35)43-49(2)47)48-27-29-8-4-3-5-9-29)20-30-10-6-11-31(21-30)23-40(46)42-25-32-12-7-13-34(22-32)33-14-17-36(44)18-15-33/h3-19,21-22,24,28,38,41,43-45H,20,23,25-27H2,1-2H3,(H,42,46). The molecule has 3 unspecified atom stereocenters. The predicted octanol–water partition coefficient (Wildman–Crippen LogP) is 6.46. The fourth-order valence-electron chi connectivity index (χ4n) is 5.54. The highest BCUT2D eigenvalue weighted by molar-refractivity contribution is 7.85. The van der Waals surface area contributed by atoms with Crippen LogP contribution in [0.15, 0.2) is 121 Å². The van der Waals surface area contributed by atoms with E-state index in [1.165, 1.54) is 0 Å². The summed E-state index contributed by atoms with van der Waals surface area (Å²) in [6.07, 6.45) is 1.76. The van der Waals surface area contributed by atoms with Crippen LogP contribution in [0, 0.1) is 0 Å². The Bertz CT molecular complexity index is 1850. The largest absolute Gasteiger partial charge is 0.508 e. The number of nitrogens with one attached hydrogen (secondary N) is 3. The van der Waals surface area contributed by atoms with E-state index < -0.39 is 17.1 Å². The van der Waals surface area contributed by atoms with Crippen LogP contribution in [-0.2, 0) is 41.8 Å². The minimum atomic E-state index is -1.31. The van der Waals surface area contributed by atoms with E-state index >= 15 is 0 Å². The second kappa shape index (κ2) is 17.4. The second-order valence-corrected chi connectivity index (χ2v) is 13.2. The van der Waals surface area contributed by atoms with Gasteiger partial charge in [0.2, 0.25) is 5.91 Å². The van der Waals surface area contributed by atoms with Gasteiger partial charge in [-0.3, -0.25) is 4.79 Å². The molecule has 5 N–H and O–H groups in total. The highest BCUT2D eigenvalue weighted by Gasteiger charge is 2.15. The average Bonchev–Trinajstić information content (AvgIpc) is 3.10. The van der Waals surface area contributed by atoms with E-state index in [4.69, 9.17) is 4.74 Å². The molecular weight excluding hydrogens is 635 g/mol. The van der Waals surface area contributed by atoms with Gasteiger partial charge < -0.3 is 30.3 Å². The van der Waals surface area contributed by atoms with Crippen molar-refractivity contribution in [3.05, 3.63) is 149 Å². The summed E-state index contributed by atoms with van der Waals surface area (Å²) in [5.74, 6) is 0.729. The zero-order chi connectivity index (χ0) is 34.6. The molecule has 49 heavy (non-hydrogen) atoms. The lowest BCUT2D eigenvalue weighted by atomic mass is 10.0. The molecule has 0 spiro atoms. The number of carbonyl (C=O) groups is 1. The van der Waals surface area contributed by atoms with E-state index in [0.717, 1.165) is 39.8 Å². The molecule has 0 bridgehead atoms. The number of carbonyl (C=O) groups excluding carboxylic acids is 1. The summed E-state index contributed by atoms with van der Waals surface area (Å²) in [7, 11) is -1.31. The first-order valence-corrected chi connectivity index (χ1v) is 17.8. The molecule has 5 aromatic rings. The highest BCUT2D eigenvalue weighted by atomic mass is 32.2. The van der Waals surface area contributed by atoms with Crippen LogP contribution in [0.3, 0.4) is 0 Å². The van der Waals surface area contributed by atoms with Crippen LogP contribution < -0.4 is 20.1 Å². The van der Waals surface area contributed by atoms with Gasteiger partial charge in [-0.15, -0.1) is 0 Å². The number of amides is 1. The van der Waals surface area contributed by atoms with Crippen molar-refractivity contribution in [2.24, 2.45) is 0 Å². The van der Waals surface area contributed by atoms with E-state index in [1.54, 1.807) is 30.5 Å². The van der Waals surface area contributed by atoms with E-state index in [0.29, 0.717) is 36.7 Å². The van der Waals surface area contributed by atoms with Gasteiger partial charge in [-0.05, 0) is 82.6 Å². The van der Waals surface area contributed by atoms with Crippen LogP contribution in [0.1, 0.15) is 40.8 Å². The van der Waals surface area contributed by atoms with Crippen LogP contribution in [-0.4, -0.2) is 39.2 Å². The minimum absolute atomic E-state index is 0.0567. The topological polar surface area (TPSA) is 120 Å². The van der Waals surface area contributed by atoms with Crippen molar-refractivity contribution in [3.63, 3.8) is 0 Å². The number of phenols is 1. The van der Waals surface area contributed by atoms with Gasteiger partial charge in [0.15, 0.2) is 0 Å². The number of aliphatic hydroxyl groups is 1. The Kier molecular flexibility index (Phi) is 12.6. The van der Waals surface area contributed by atoms with Crippen molar-refractivity contribution in [1.82, 2.24) is 10.6 Å². The Morgan fingerprint density at radius 1 is 0.796 bits per heavy atom. The molecule has 0 radical (unpaired) electrons. The zero-order valence-corrected chi connectivity index (χ0v) is 28.6. The molecule has 0 aromatic heterocycles. The average molecular weight is 678 g/mol. The molecule has 9 heteroatoms. The SMILES string of the molecule is CC(Cc1cccc(CC(=O)NCc2cccc(-c3ccc(O)cc3)c2)c1)NCC(O)c1ccc(OCc2ccccc2)c(NS(C)=O)c1. The van der Waals surface area contributed by atoms with Gasteiger partial charge in [0.25, 0.3) is 0 Å². The minimum Gasteiger partial charge on any atom is -0.508 e. The summed E-state index contributed by atoms with van der Waals surface area (Å²) in [5.41, 5.74) is 7.30. The molecule has 0 aliphatic carbocycles. The van der Waals surface area contributed by atoms with E-state index in [1.807, 2.05) is 91.0 Å². The maximum Gasteiger partial charge on any atom is 0.224 e. The summed E-state index contributed by atoms with van der Waals surface area (Å²) in [4.78, 5) is 12.8. The third-order valence-corrected chi connectivity index (χ3v) is 8.56. The molecule has 0 aliphatic heterocycles. The first kappa shape index (κ1) is 35.3. The van der Waals surface area contributed by atoms with Crippen molar-refractivity contribution < 1.29 is 24.0 Å². The maximum absolute atomic E-state index is 12.8. The highest BCUT2D eigenvalue weighted by Crippen LogP contribution is 2.30. The third-order valence-electron chi connectivity index (χ3n) is 8.05. The van der Waals surface area contributed by atoms with Gasteiger partial charge in [-0.2, -0.15) is 0 Å². The first-order chi connectivity index (χ1) is 23.7. The van der Waals surface area contributed by atoms with Crippen LogP contribution >= 0.6 is 0 Å². The Labute approximate surface area is 290 Å². The molecule has 0 fully saturated rings. The molecule has 1 amide bonds. The number of hydrogen-bond donors (Lipinski definition) is 5. The summed E-state index contributed by atoms with van der Waals surface area (Å²) in [6, 6.07) is 38.3. The quantitative estimate of drug-likeness (QED) is 0.0819. The summed E-state index contributed by atoms with van der Waals surface area (Å²) < 4.78 is 20.9. The first-order valence-electron chi connectivity index (χ1n) is 16.3. The van der Waals surface area contributed by atoms with E-state index in [2.05, 4.69) is 28.3 Å². The van der Waals surface area contributed by atoms with Crippen LogP contribution in [0.5, 0.6) is 11.5 Å². The number of hydrogen-bond acceptors (Lipinski definition) is 6. The number of aromatic hydroxyl groups is 1. The third kappa shape index (κ3) is 11.0. The number of benzene rings is 5. The van der Waals surface area contributed by atoms with Crippen molar-refractivity contribution in [1.29, 1.82) is 0 Å². The molecule has 3 atom stereocenters. The van der Waals surface area contributed by atoms with Gasteiger partial charge in [0.1, 0.15) is 29.1 Å². The van der Waals surface area contributed by atoms with Crippen LogP contribution in [0.4, 0.5) is 5.69 Å². The van der Waals surface area contributed by atoms with Gasteiger partial charge in [-0.25, -0.2) is 4.21 Å². The van der Waals surface area contributed by atoms with Gasteiger partial charge in [0.05, 0.1) is 18.2 Å². The molecule has 5 rings (SSSR count). The van der Waals surface area contributed by atoms with Gasteiger partial charge >= 0.3 is 0 Å². The smallest absolute Gasteiger partial charge is 0.224 e. The molecule has 0 saturated carbocycles. The Balaban J connectivity index is 1.10. The van der Waals surface area contributed by atoms with Gasteiger partial charge in [0, 0.05) is 25.4 Å². The number of ether oxygens (including phenoxy) is 1. The van der Waals surface area contributed by atoms with Crippen molar-refractivity contribution in [2.75, 3.05) is 17.5 Å². The van der Waals surface area contributed by atoms with Crippen molar-refractivity contribution >= 4 is 22.6 Å². The summed E-state index contributed by atoms with van der Waals surface area (Å²) >= 11 is 0. The van der Waals surface area contributed by atoms with Gasteiger partial charge in [-0.1, -0.05) is 91.0 Å². The van der Waals surface area contributed by atoms with Crippen molar-refractivity contribution in [3.8, 4) is 22.6 Å². The monoisotopic (exact) mass is 677 g/mol. The van der Waals surface area contributed by atoms with Crippen LogP contribution in [0.25, 0.3) is 11.1 Å². The molecule has 0 aliphatic rings. The van der Waals surface area contributed by atoms with Crippen LogP contribution in [0.2, 0.25) is 0 Å². The zero-order valence-electron chi connectivity index (χ0n) is 27.8. The summed E-state index contributed by atoms with van der Waals surface area (Å²) in [6.45, 7) is 3.18. The fourth-order valence-corrected chi connectivity index (χ4v) is 6.01. The molecule has 5 aromatic carbocycles. The van der Waals surface area contributed by atoms with Crippen molar-refractivity contribution in [2.45, 2.75) is 45.1 Å². The molecule has 0 heterocycles. The lowest BCUT2D eigenvalue weighted by molar-refractivity contribution is -0.120. The fraction of sp³-hybridized carbons (Fsp3) is 0.225. The Morgan fingerprint density at radius 3 is 2.29 bits per heavy atom.